The van der Waals surface area contributed by atoms with Crippen LogP contribution in [0.15, 0.2) is 78.0 Å². The molecule has 0 radical (unpaired) electrons. The summed E-state index contributed by atoms with van der Waals surface area (Å²) in [5.74, 6) is 0. The van der Waals surface area contributed by atoms with Gasteiger partial charge in [0.15, 0.2) is 0 Å². The fourth-order valence-corrected chi connectivity index (χ4v) is 1.99. The largest absolute Gasteiger partial charge is 0.284 e. The summed E-state index contributed by atoms with van der Waals surface area (Å²) in [5.41, 5.74) is 2.86. The van der Waals surface area contributed by atoms with Crippen molar-refractivity contribution in [2.75, 3.05) is 0 Å². The monoisotopic (exact) mass is 248 g/mol. The number of hydrogen-bond acceptors (Lipinski definition) is 2. The Morgan fingerprint density at radius 1 is 0.789 bits per heavy atom. The highest BCUT2D eigenvalue weighted by Gasteiger charge is 2.02. The fraction of sp³-hybridized carbons (Fsp3) is 0. The Morgan fingerprint density at radius 3 is 2.26 bits per heavy atom. The zero-order valence-electron chi connectivity index (χ0n) is 10.2. The first-order valence-electron chi connectivity index (χ1n) is 6.03. The van der Waals surface area contributed by atoms with Gasteiger partial charge in [-0.25, -0.2) is 0 Å². The molecule has 3 heteroatoms. The van der Waals surface area contributed by atoms with Crippen LogP contribution in [0.1, 0.15) is 0 Å². The van der Waals surface area contributed by atoms with E-state index in [0.29, 0.717) is 0 Å². The van der Waals surface area contributed by atoms with E-state index in [1.807, 2.05) is 54.7 Å². The number of rotatable bonds is 2. The molecule has 0 saturated carbocycles. The van der Waals surface area contributed by atoms with Crippen LogP contribution >= 0.6 is 0 Å². The Labute approximate surface area is 110 Å². The summed E-state index contributed by atoms with van der Waals surface area (Å²) in [6.45, 7) is 0. The molecule has 2 aromatic heterocycles. The van der Waals surface area contributed by atoms with Gasteiger partial charge >= 0.3 is 0 Å². The third-order valence-electron chi connectivity index (χ3n) is 2.96. The van der Waals surface area contributed by atoms with Gasteiger partial charge in [0.2, 0.25) is 0 Å². The molecular weight excluding hydrogens is 236 g/mol. The normalized spacial score (nSPS) is 10.3. The summed E-state index contributed by atoms with van der Waals surface area (Å²) >= 11 is 0. The lowest BCUT2D eigenvalue weighted by Crippen LogP contribution is -2.16. The van der Waals surface area contributed by atoms with Crippen LogP contribution < -0.4 is 5.56 Å². The Morgan fingerprint density at radius 2 is 1.53 bits per heavy atom. The van der Waals surface area contributed by atoms with Crippen molar-refractivity contribution >= 4 is 0 Å². The zero-order chi connectivity index (χ0) is 13.1. The molecule has 0 amide bonds. The molecule has 3 aromatic rings. The van der Waals surface area contributed by atoms with E-state index in [-0.39, 0.29) is 5.56 Å². The van der Waals surface area contributed by atoms with Gasteiger partial charge in [-0.05, 0) is 41.5 Å². The van der Waals surface area contributed by atoms with Crippen LogP contribution in [0, 0.1) is 0 Å². The van der Waals surface area contributed by atoms with Gasteiger partial charge < -0.3 is 0 Å². The second-order valence-corrected chi connectivity index (χ2v) is 4.20. The number of hydrogen-bond donors (Lipinski definition) is 0. The molecule has 0 fully saturated rings. The summed E-state index contributed by atoms with van der Waals surface area (Å²) in [6.07, 6.45) is 5.34. The van der Waals surface area contributed by atoms with Gasteiger partial charge in [0.05, 0.1) is 0 Å². The maximum atomic E-state index is 12.0. The summed E-state index contributed by atoms with van der Waals surface area (Å²) < 4.78 is 1.65. The van der Waals surface area contributed by atoms with Crippen LogP contribution in [0.3, 0.4) is 0 Å². The lowest BCUT2D eigenvalue weighted by atomic mass is 10.1. The molecule has 2 heterocycles. The van der Waals surface area contributed by atoms with Gasteiger partial charge in [-0.3, -0.25) is 14.3 Å². The van der Waals surface area contributed by atoms with Crippen LogP contribution in [0.2, 0.25) is 0 Å². The number of aromatic nitrogens is 2. The fourth-order valence-electron chi connectivity index (χ4n) is 1.99. The van der Waals surface area contributed by atoms with Gasteiger partial charge in [0, 0.05) is 30.3 Å². The summed E-state index contributed by atoms with van der Waals surface area (Å²) in [7, 11) is 0. The minimum absolute atomic E-state index is 0.0380. The summed E-state index contributed by atoms with van der Waals surface area (Å²) in [5, 5.41) is 0. The van der Waals surface area contributed by atoms with Gasteiger partial charge in [-0.1, -0.05) is 18.2 Å². The minimum atomic E-state index is -0.0380. The highest BCUT2D eigenvalue weighted by Crippen LogP contribution is 2.17. The van der Waals surface area contributed by atoms with Crippen molar-refractivity contribution in [2.24, 2.45) is 0 Å². The minimum Gasteiger partial charge on any atom is -0.284 e. The smallest absolute Gasteiger partial charge is 0.255 e. The molecule has 92 valence electrons. The topological polar surface area (TPSA) is 34.9 Å². The van der Waals surface area contributed by atoms with Crippen molar-refractivity contribution in [3.63, 3.8) is 0 Å². The Balaban J connectivity index is 2.15. The lowest BCUT2D eigenvalue weighted by molar-refractivity contribution is 0.992. The molecule has 0 saturated heterocycles. The number of nitrogens with zero attached hydrogens (tertiary/aromatic N) is 2. The Bertz CT molecular complexity index is 733. The third kappa shape index (κ3) is 2.31. The highest BCUT2D eigenvalue weighted by molar-refractivity contribution is 5.62. The second-order valence-electron chi connectivity index (χ2n) is 4.20. The molecule has 0 spiro atoms. The second kappa shape index (κ2) is 4.90. The molecular formula is C16H12N2O. The van der Waals surface area contributed by atoms with Crippen molar-refractivity contribution < 1.29 is 0 Å². The van der Waals surface area contributed by atoms with Crippen molar-refractivity contribution in [3.05, 3.63) is 83.5 Å². The SMILES string of the molecule is O=c1ccc(-c2ccncc2)cn1-c1ccccc1. The van der Waals surface area contributed by atoms with Crippen LogP contribution in [0.5, 0.6) is 0 Å². The van der Waals surface area contributed by atoms with Crippen LogP contribution in [-0.4, -0.2) is 9.55 Å². The van der Waals surface area contributed by atoms with Gasteiger partial charge in [-0.15, -0.1) is 0 Å². The maximum Gasteiger partial charge on any atom is 0.255 e. The molecule has 3 nitrogen and oxygen atoms in total. The van der Waals surface area contributed by atoms with Crippen molar-refractivity contribution in [3.8, 4) is 16.8 Å². The first-order valence-corrected chi connectivity index (χ1v) is 6.03. The van der Waals surface area contributed by atoms with Gasteiger partial charge in [0.25, 0.3) is 5.56 Å². The Hall–Kier alpha value is -2.68. The summed E-state index contributed by atoms with van der Waals surface area (Å²) in [6, 6.07) is 16.9. The molecule has 0 aliphatic heterocycles. The van der Waals surface area contributed by atoms with Crippen LogP contribution in [-0.2, 0) is 0 Å². The van der Waals surface area contributed by atoms with Crippen molar-refractivity contribution in [1.82, 2.24) is 9.55 Å². The average molecular weight is 248 g/mol. The average Bonchev–Trinajstić information content (AvgIpc) is 2.49. The molecule has 0 aliphatic carbocycles. The predicted molar refractivity (Wildman–Crippen MR) is 75.3 cm³/mol. The quantitative estimate of drug-likeness (QED) is 0.699. The van der Waals surface area contributed by atoms with E-state index in [0.717, 1.165) is 16.8 Å². The van der Waals surface area contributed by atoms with E-state index >= 15 is 0 Å². The number of pyridine rings is 2. The first kappa shape index (κ1) is 11.4. The molecule has 0 bridgehead atoms. The molecule has 0 aliphatic rings. The van der Waals surface area contributed by atoms with E-state index < -0.39 is 0 Å². The summed E-state index contributed by atoms with van der Waals surface area (Å²) in [4.78, 5) is 16.0. The van der Waals surface area contributed by atoms with E-state index in [2.05, 4.69) is 4.98 Å². The molecule has 0 unspecified atom stereocenters. The lowest BCUT2D eigenvalue weighted by Gasteiger charge is -2.08. The zero-order valence-corrected chi connectivity index (χ0v) is 10.2. The maximum absolute atomic E-state index is 12.0. The van der Waals surface area contributed by atoms with Crippen LogP contribution in [0.4, 0.5) is 0 Å². The van der Waals surface area contributed by atoms with Crippen molar-refractivity contribution in [1.29, 1.82) is 0 Å². The molecule has 19 heavy (non-hydrogen) atoms. The van der Waals surface area contributed by atoms with Gasteiger partial charge in [-0.2, -0.15) is 0 Å². The van der Waals surface area contributed by atoms with E-state index in [9.17, 15) is 4.79 Å². The number of benzene rings is 1. The van der Waals surface area contributed by atoms with Crippen molar-refractivity contribution in [2.45, 2.75) is 0 Å². The molecule has 1 aromatic carbocycles. The molecule has 3 rings (SSSR count). The Kier molecular flexibility index (Phi) is 2.94. The van der Waals surface area contributed by atoms with E-state index in [4.69, 9.17) is 0 Å². The predicted octanol–water partition coefficient (Wildman–Crippen LogP) is 2.90. The standard InChI is InChI=1S/C16H12N2O/c19-16-7-6-14(13-8-10-17-11-9-13)12-18(16)15-4-2-1-3-5-15/h1-12H. The van der Waals surface area contributed by atoms with Gasteiger partial charge in [0.1, 0.15) is 0 Å². The first-order chi connectivity index (χ1) is 9.34. The third-order valence-corrected chi connectivity index (χ3v) is 2.96. The van der Waals surface area contributed by atoms with Crippen LogP contribution in [0.25, 0.3) is 16.8 Å². The van der Waals surface area contributed by atoms with E-state index in [1.54, 1.807) is 23.0 Å². The molecule has 0 N–H and O–H groups in total. The molecule has 0 atom stereocenters. The highest BCUT2D eigenvalue weighted by atomic mass is 16.1. The number of para-hydroxylation sites is 1. The van der Waals surface area contributed by atoms with E-state index in [1.165, 1.54) is 0 Å².